The van der Waals surface area contributed by atoms with E-state index in [0.717, 1.165) is 0 Å². The standard InChI is InChI=1S/C22H45NSi/c1-22(2,3)19-17-15-13-11-9-7-5-4-6-8-10-12-14-16-18-20-24-21-23/h4-20,24H2,1-3H3. The third-order valence-electron chi connectivity index (χ3n) is 4.97. The van der Waals surface area contributed by atoms with E-state index in [1.54, 1.807) is 0 Å². The fourth-order valence-electron chi connectivity index (χ4n) is 3.33. The first-order valence-electron chi connectivity index (χ1n) is 10.9. The van der Waals surface area contributed by atoms with Crippen molar-refractivity contribution in [1.82, 2.24) is 0 Å². The van der Waals surface area contributed by atoms with Crippen LogP contribution in [-0.4, -0.2) is 9.52 Å². The molecular formula is C22H45NSi. The van der Waals surface area contributed by atoms with E-state index in [4.69, 9.17) is 5.26 Å². The molecule has 142 valence electrons. The second-order valence-corrected chi connectivity index (χ2v) is 10.4. The molecule has 0 aromatic heterocycles. The van der Waals surface area contributed by atoms with Gasteiger partial charge < -0.3 is 0 Å². The van der Waals surface area contributed by atoms with Gasteiger partial charge in [-0.15, -0.1) is 0 Å². The van der Waals surface area contributed by atoms with E-state index >= 15 is 0 Å². The molecule has 0 aliphatic rings. The molecule has 0 aliphatic heterocycles. The molecule has 0 heterocycles. The van der Waals surface area contributed by atoms with Crippen molar-refractivity contribution in [3.8, 4) is 5.69 Å². The van der Waals surface area contributed by atoms with Gasteiger partial charge in [-0.25, -0.2) is 5.26 Å². The number of hydrogen-bond donors (Lipinski definition) is 0. The van der Waals surface area contributed by atoms with Gasteiger partial charge in [0.25, 0.3) is 0 Å². The lowest BCUT2D eigenvalue weighted by Crippen LogP contribution is -2.03. The van der Waals surface area contributed by atoms with Crippen LogP contribution in [0.1, 0.15) is 124 Å². The van der Waals surface area contributed by atoms with Crippen LogP contribution in [0.25, 0.3) is 0 Å². The zero-order valence-corrected chi connectivity index (χ0v) is 18.6. The molecule has 1 nitrogen and oxygen atoms in total. The molecule has 0 saturated carbocycles. The molecule has 0 radical (unpaired) electrons. The molecule has 0 aliphatic carbocycles. The predicted octanol–water partition coefficient (Wildman–Crippen LogP) is 7.34. The van der Waals surface area contributed by atoms with Crippen LogP contribution in [0.15, 0.2) is 0 Å². The topological polar surface area (TPSA) is 23.8 Å². The lowest BCUT2D eigenvalue weighted by atomic mass is 9.89. The monoisotopic (exact) mass is 351 g/mol. The smallest absolute Gasteiger partial charge is 0.142 e. The molecule has 0 unspecified atom stereocenters. The van der Waals surface area contributed by atoms with Crippen LogP contribution in [0.4, 0.5) is 0 Å². The van der Waals surface area contributed by atoms with Gasteiger partial charge in [0.1, 0.15) is 9.52 Å². The summed E-state index contributed by atoms with van der Waals surface area (Å²) in [5, 5.41) is 8.53. The Morgan fingerprint density at radius 3 is 1.25 bits per heavy atom. The van der Waals surface area contributed by atoms with Gasteiger partial charge in [-0.3, -0.25) is 0 Å². The zero-order valence-electron chi connectivity index (χ0n) is 17.2. The van der Waals surface area contributed by atoms with E-state index in [0.29, 0.717) is 5.41 Å². The Bertz CT molecular complexity index is 287. The lowest BCUT2D eigenvalue weighted by molar-refractivity contribution is 0.356. The Kier molecular flexibility index (Phi) is 17.3. The highest BCUT2D eigenvalue weighted by atomic mass is 28.2. The largest absolute Gasteiger partial charge is 0.208 e. The Morgan fingerprint density at radius 1 is 0.583 bits per heavy atom. The SMILES string of the molecule is CC(C)(C)CCCCCCCCCCCCCCCCC[SiH2]C#N. The summed E-state index contributed by atoms with van der Waals surface area (Å²) in [4.78, 5) is 0. The van der Waals surface area contributed by atoms with E-state index in [-0.39, 0.29) is 9.52 Å². The first-order valence-corrected chi connectivity index (χ1v) is 12.6. The number of nitrogens with zero attached hydrogens (tertiary/aromatic N) is 1. The second kappa shape index (κ2) is 17.5. The summed E-state index contributed by atoms with van der Waals surface area (Å²) in [6.07, 6.45) is 22.8. The highest BCUT2D eigenvalue weighted by Gasteiger charge is 2.08. The summed E-state index contributed by atoms with van der Waals surface area (Å²) in [6, 6.07) is 1.24. The fraction of sp³-hybridized carbons (Fsp3) is 0.955. The third-order valence-corrected chi connectivity index (χ3v) is 6.04. The van der Waals surface area contributed by atoms with Crippen molar-refractivity contribution in [2.45, 2.75) is 130 Å². The maximum absolute atomic E-state index is 8.53. The summed E-state index contributed by atoms with van der Waals surface area (Å²) in [6.45, 7) is 7.06. The molecule has 0 bridgehead atoms. The average molecular weight is 352 g/mol. The number of rotatable bonds is 17. The highest BCUT2D eigenvalue weighted by Crippen LogP contribution is 2.22. The maximum Gasteiger partial charge on any atom is 0.142 e. The van der Waals surface area contributed by atoms with E-state index < -0.39 is 0 Å². The average Bonchev–Trinajstić information content (AvgIpc) is 2.52. The summed E-state index contributed by atoms with van der Waals surface area (Å²) in [7, 11) is -0.343. The highest BCUT2D eigenvalue weighted by molar-refractivity contribution is 6.44. The zero-order chi connectivity index (χ0) is 17.9. The maximum atomic E-state index is 8.53. The molecule has 0 atom stereocenters. The van der Waals surface area contributed by atoms with Crippen molar-refractivity contribution < 1.29 is 0 Å². The molecule has 24 heavy (non-hydrogen) atoms. The van der Waals surface area contributed by atoms with Crippen molar-refractivity contribution in [3.63, 3.8) is 0 Å². The van der Waals surface area contributed by atoms with Crippen LogP contribution in [0, 0.1) is 16.4 Å². The van der Waals surface area contributed by atoms with Gasteiger partial charge >= 0.3 is 0 Å². The molecule has 0 saturated heterocycles. The second-order valence-electron chi connectivity index (χ2n) is 8.88. The van der Waals surface area contributed by atoms with Gasteiger partial charge in [0, 0.05) is 5.69 Å². The van der Waals surface area contributed by atoms with E-state index in [1.165, 1.54) is 109 Å². The quantitative estimate of drug-likeness (QED) is 0.198. The van der Waals surface area contributed by atoms with Crippen LogP contribution in [0.2, 0.25) is 6.04 Å². The fourth-order valence-corrected chi connectivity index (χ4v) is 4.10. The lowest BCUT2D eigenvalue weighted by Gasteiger charge is -2.17. The van der Waals surface area contributed by atoms with Gasteiger partial charge in [0.15, 0.2) is 0 Å². The molecule has 0 spiro atoms. The third kappa shape index (κ3) is 21.7. The number of hydrogen-bond acceptors (Lipinski definition) is 1. The molecule has 2 heteroatoms. The Balaban J connectivity index is 3.02. The van der Waals surface area contributed by atoms with Gasteiger partial charge in [0.05, 0.1) is 0 Å². The Hall–Kier alpha value is -0.293. The van der Waals surface area contributed by atoms with Crippen LogP contribution in [0.3, 0.4) is 0 Å². The van der Waals surface area contributed by atoms with Gasteiger partial charge in [-0.1, -0.05) is 117 Å². The van der Waals surface area contributed by atoms with E-state index in [2.05, 4.69) is 26.5 Å². The van der Waals surface area contributed by atoms with Gasteiger partial charge in [-0.05, 0) is 17.9 Å². The molecule has 0 N–H and O–H groups in total. The van der Waals surface area contributed by atoms with E-state index in [9.17, 15) is 0 Å². The van der Waals surface area contributed by atoms with Crippen molar-refractivity contribution in [3.05, 3.63) is 0 Å². The van der Waals surface area contributed by atoms with Gasteiger partial charge in [0.2, 0.25) is 0 Å². The van der Waals surface area contributed by atoms with Gasteiger partial charge in [-0.2, -0.15) is 0 Å². The van der Waals surface area contributed by atoms with Crippen molar-refractivity contribution in [2.24, 2.45) is 5.41 Å². The van der Waals surface area contributed by atoms with Crippen LogP contribution in [-0.2, 0) is 0 Å². The van der Waals surface area contributed by atoms with Crippen molar-refractivity contribution in [2.75, 3.05) is 0 Å². The predicted molar refractivity (Wildman–Crippen MR) is 112 cm³/mol. The number of unbranched alkanes of at least 4 members (excludes halogenated alkanes) is 14. The number of nitriles is 1. The Labute approximate surface area is 155 Å². The van der Waals surface area contributed by atoms with Crippen LogP contribution < -0.4 is 0 Å². The molecule has 0 fully saturated rings. The molecule has 0 rings (SSSR count). The Morgan fingerprint density at radius 2 is 0.917 bits per heavy atom. The minimum atomic E-state index is -0.343. The minimum absolute atomic E-state index is 0.343. The summed E-state index contributed by atoms with van der Waals surface area (Å²) >= 11 is 0. The molecule has 0 aromatic carbocycles. The molecule has 0 aromatic rings. The van der Waals surface area contributed by atoms with Crippen molar-refractivity contribution >= 4 is 9.52 Å². The first-order chi connectivity index (χ1) is 11.6. The van der Waals surface area contributed by atoms with Crippen LogP contribution in [0.5, 0.6) is 0 Å². The summed E-state index contributed by atoms with van der Waals surface area (Å²) in [5.41, 5.74) is 2.89. The molecule has 0 amide bonds. The van der Waals surface area contributed by atoms with Crippen molar-refractivity contribution in [1.29, 1.82) is 5.26 Å². The van der Waals surface area contributed by atoms with Crippen LogP contribution >= 0.6 is 0 Å². The minimum Gasteiger partial charge on any atom is -0.208 e. The normalized spacial score (nSPS) is 12.1. The molecular weight excluding hydrogens is 306 g/mol. The first kappa shape index (κ1) is 23.7. The summed E-state index contributed by atoms with van der Waals surface area (Å²) < 4.78 is 0. The summed E-state index contributed by atoms with van der Waals surface area (Å²) in [5.74, 6) is 0. The van der Waals surface area contributed by atoms with E-state index in [1.807, 2.05) is 0 Å².